The van der Waals surface area contributed by atoms with Crippen LogP contribution in [0.3, 0.4) is 0 Å². The second kappa shape index (κ2) is 8.84. The molecule has 0 aromatic carbocycles. The highest BCUT2D eigenvalue weighted by Gasteiger charge is 2.30. The number of piperazine rings is 1. The van der Waals surface area contributed by atoms with E-state index in [0.29, 0.717) is 32.8 Å². The van der Waals surface area contributed by atoms with Crippen LogP contribution in [0.1, 0.15) is 26.7 Å². The smallest absolute Gasteiger partial charge is 0.409 e. The molecule has 1 fully saturated rings. The minimum Gasteiger partial charge on any atom is -0.449 e. The zero-order valence-corrected chi connectivity index (χ0v) is 13.2. The van der Waals surface area contributed by atoms with Gasteiger partial charge < -0.3 is 25.0 Å². The van der Waals surface area contributed by atoms with Crippen molar-refractivity contribution in [3.05, 3.63) is 0 Å². The Bertz CT molecular complexity index is 343. The minimum absolute atomic E-state index is 0.136. The number of carbonyl (C=O) groups is 2. The Kier molecular flexibility index (Phi) is 7.45. The fraction of sp³-hybridized carbons (Fsp3) is 0.857. The number of hydrogen-bond acceptors (Lipinski definition) is 5. The third-order valence-electron chi connectivity index (χ3n) is 3.74. The molecular formula is C14H27N3O4. The van der Waals surface area contributed by atoms with Gasteiger partial charge in [0.15, 0.2) is 0 Å². The molecule has 0 aromatic rings. The Balaban J connectivity index is 2.37. The molecule has 0 saturated carbocycles. The Labute approximate surface area is 126 Å². The van der Waals surface area contributed by atoms with Crippen molar-refractivity contribution in [2.45, 2.75) is 38.8 Å². The molecule has 0 spiro atoms. The van der Waals surface area contributed by atoms with Crippen LogP contribution in [0, 0.1) is 0 Å². The van der Waals surface area contributed by atoms with Gasteiger partial charge in [-0.2, -0.15) is 0 Å². The van der Waals surface area contributed by atoms with Crippen LogP contribution < -0.4 is 5.73 Å². The Hall–Kier alpha value is -1.34. The molecule has 1 rings (SSSR count). The van der Waals surface area contributed by atoms with Gasteiger partial charge in [0.2, 0.25) is 5.91 Å². The van der Waals surface area contributed by atoms with Gasteiger partial charge in [-0.15, -0.1) is 0 Å². The summed E-state index contributed by atoms with van der Waals surface area (Å²) in [7, 11) is 1.53. The predicted octanol–water partition coefficient (Wildman–Crippen LogP) is 0.430. The minimum atomic E-state index is -0.668. The van der Waals surface area contributed by atoms with Crippen molar-refractivity contribution in [2.24, 2.45) is 5.73 Å². The fourth-order valence-corrected chi connectivity index (χ4v) is 2.06. The molecule has 21 heavy (non-hydrogen) atoms. The Morgan fingerprint density at radius 2 is 1.76 bits per heavy atom. The van der Waals surface area contributed by atoms with Crippen molar-refractivity contribution in [3.63, 3.8) is 0 Å². The van der Waals surface area contributed by atoms with E-state index >= 15 is 0 Å². The summed E-state index contributed by atoms with van der Waals surface area (Å²) in [6.45, 7) is 6.17. The molecule has 1 aliphatic heterocycles. The first kappa shape index (κ1) is 17.7. The first-order valence-corrected chi connectivity index (χ1v) is 7.50. The van der Waals surface area contributed by atoms with Gasteiger partial charge in [0.25, 0.3) is 0 Å². The van der Waals surface area contributed by atoms with Gasteiger partial charge in [0.05, 0.1) is 12.7 Å². The van der Waals surface area contributed by atoms with Crippen LogP contribution in [0.4, 0.5) is 4.79 Å². The van der Waals surface area contributed by atoms with E-state index in [9.17, 15) is 9.59 Å². The molecule has 1 saturated heterocycles. The molecule has 2 unspecified atom stereocenters. The van der Waals surface area contributed by atoms with E-state index in [1.165, 1.54) is 7.11 Å². The molecule has 2 N–H and O–H groups in total. The van der Waals surface area contributed by atoms with E-state index in [-0.39, 0.29) is 18.1 Å². The lowest BCUT2D eigenvalue weighted by molar-refractivity contribution is -0.137. The summed E-state index contributed by atoms with van der Waals surface area (Å²) in [5, 5.41) is 0. The topological polar surface area (TPSA) is 85.1 Å². The fourth-order valence-electron chi connectivity index (χ4n) is 2.06. The lowest BCUT2D eigenvalue weighted by atomic mass is 10.1. The second-order valence-electron chi connectivity index (χ2n) is 5.25. The highest BCUT2D eigenvalue weighted by molar-refractivity contribution is 5.82. The number of unbranched alkanes of at least 4 members (excludes halogenated alkanes) is 1. The van der Waals surface area contributed by atoms with Crippen LogP contribution in [0.15, 0.2) is 0 Å². The van der Waals surface area contributed by atoms with Crippen LogP contribution in [0.25, 0.3) is 0 Å². The lowest BCUT2D eigenvalue weighted by Crippen LogP contribution is -2.56. The average molecular weight is 301 g/mol. The van der Waals surface area contributed by atoms with E-state index in [1.54, 1.807) is 16.7 Å². The molecule has 7 heteroatoms. The van der Waals surface area contributed by atoms with Crippen LogP contribution >= 0.6 is 0 Å². The maximum atomic E-state index is 12.2. The van der Waals surface area contributed by atoms with E-state index in [2.05, 4.69) is 0 Å². The predicted molar refractivity (Wildman–Crippen MR) is 78.9 cm³/mol. The van der Waals surface area contributed by atoms with Gasteiger partial charge in [-0.05, 0) is 13.3 Å². The quantitative estimate of drug-likeness (QED) is 0.719. The molecule has 2 atom stereocenters. The van der Waals surface area contributed by atoms with Crippen molar-refractivity contribution in [1.29, 1.82) is 0 Å². The highest BCUT2D eigenvalue weighted by Crippen LogP contribution is 2.08. The van der Waals surface area contributed by atoms with E-state index in [1.807, 2.05) is 6.92 Å². The van der Waals surface area contributed by atoms with Crippen LogP contribution in [-0.4, -0.2) is 73.8 Å². The molecule has 1 heterocycles. The molecule has 0 aromatic heterocycles. The van der Waals surface area contributed by atoms with Gasteiger partial charge in [-0.1, -0.05) is 13.3 Å². The molecule has 1 aliphatic rings. The monoisotopic (exact) mass is 301 g/mol. The highest BCUT2D eigenvalue weighted by atomic mass is 16.6. The summed E-state index contributed by atoms with van der Waals surface area (Å²) in [6, 6.07) is -0.668. The van der Waals surface area contributed by atoms with Crippen LogP contribution in [0.2, 0.25) is 0 Å². The average Bonchev–Trinajstić information content (AvgIpc) is 2.52. The zero-order valence-electron chi connectivity index (χ0n) is 13.2. The van der Waals surface area contributed by atoms with Gasteiger partial charge in [-0.25, -0.2) is 4.79 Å². The van der Waals surface area contributed by atoms with E-state index < -0.39 is 6.04 Å². The van der Waals surface area contributed by atoms with Crippen molar-refractivity contribution >= 4 is 12.0 Å². The zero-order chi connectivity index (χ0) is 15.8. The number of methoxy groups -OCH3 is 1. The van der Waals surface area contributed by atoms with Crippen LogP contribution in [0.5, 0.6) is 0 Å². The molecule has 7 nitrogen and oxygen atoms in total. The maximum Gasteiger partial charge on any atom is 0.409 e. The third kappa shape index (κ3) is 5.17. The maximum absolute atomic E-state index is 12.2. The normalized spacial score (nSPS) is 18.3. The largest absolute Gasteiger partial charge is 0.449 e. The van der Waals surface area contributed by atoms with Crippen molar-refractivity contribution in [1.82, 2.24) is 9.80 Å². The summed E-state index contributed by atoms with van der Waals surface area (Å²) in [4.78, 5) is 27.3. The number of hydrogen-bond donors (Lipinski definition) is 1. The van der Waals surface area contributed by atoms with Crippen LogP contribution in [-0.2, 0) is 14.3 Å². The van der Waals surface area contributed by atoms with Gasteiger partial charge >= 0.3 is 6.09 Å². The molecule has 0 bridgehead atoms. The Morgan fingerprint density at radius 1 is 1.19 bits per heavy atom. The second-order valence-corrected chi connectivity index (χ2v) is 5.25. The Morgan fingerprint density at radius 3 is 2.29 bits per heavy atom. The standard InChI is InChI=1S/C14H27N3O4/c1-4-5-10-21-14(19)17-8-6-16(7-9-17)13(18)12(15)11(2)20-3/h11-12H,4-10,15H2,1-3H3. The summed E-state index contributed by atoms with van der Waals surface area (Å²) in [6.07, 6.45) is 1.23. The number of ether oxygens (including phenoxy) is 2. The SMILES string of the molecule is CCCCOC(=O)N1CCN(C(=O)C(N)C(C)OC)CC1. The molecule has 0 radical (unpaired) electrons. The summed E-state index contributed by atoms with van der Waals surface area (Å²) < 4.78 is 10.2. The third-order valence-corrected chi connectivity index (χ3v) is 3.74. The first-order valence-electron chi connectivity index (χ1n) is 7.50. The van der Waals surface area contributed by atoms with E-state index in [4.69, 9.17) is 15.2 Å². The lowest BCUT2D eigenvalue weighted by Gasteiger charge is -2.36. The number of nitrogens with two attached hydrogens (primary N) is 1. The van der Waals surface area contributed by atoms with Gasteiger partial charge in [-0.3, -0.25) is 4.79 Å². The summed E-state index contributed by atoms with van der Waals surface area (Å²) in [5.74, 6) is -0.136. The molecule has 122 valence electrons. The molecule has 0 aliphatic carbocycles. The summed E-state index contributed by atoms with van der Waals surface area (Å²) in [5.41, 5.74) is 5.86. The van der Waals surface area contributed by atoms with Crippen molar-refractivity contribution < 1.29 is 19.1 Å². The van der Waals surface area contributed by atoms with Crippen molar-refractivity contribution in [2.75, 3.05) is 39.9 Å². The first-order chi connectivity index (χ1) is 10.0. The number of nitrogens with zero attached hydrogens (tertiary/aromatic N) is 2. The summed E-state index contributed by atoms with van der Waals surface area (Å²) >= 11 is 0. The van der Waals surface area contributed by atoms with Gasteiger partial charge in [0.1, 0.15) is 6.04 Å². The number of carbonyl (C=O) groups excluding carboxylic acids is 2. The van der Waals surface area contributed by atoms with Gasteiger partial charge in [0, 0.05) is 33.3 Å². The van der Waals surface area contributed by atoms with E-state index in [0.717, 1.165) is 12.8 Å². The molecular weight excluding hydrogens is 274 g/mol. The number of amides is 2. The number of rotatable bonds is 6. The van der Waals surface area contributed by atoms with Crippen molar-refractivity contribution in [3.8, 4) is 0 Å². The molecule has 2 amide bonds.